The Morgan fingerprint density at radius 3 is 2.38 bits per heavy atom. The van der Waals surface area contributed by atoms with Gasteiger partial charge in [-0.05, 0) is 18.2 Å². The molecule has 1 aromatic carbocycles. The molecule has 4 unspecified atom stereocenters. The molecule has 2 aliphatic heterocycles. The van der Waals surface area contributed by atoms with Gasteiger partial charge in [0.2, 0.25) is 17.1 Å². The van der Waals surface area contributed by atoms with E-state index in [1.807, 2.05) is 18.2 Å². The van der Waals surface area contributed by atoms with Crippen LogP contribution in [-0.4, -0.2) is 12.0 Å². The summed E-state index contributed by atoms with van der Waals surface area (Å²) in [6.45, 7) is 5.23. The quantitative estimate of drug-likeness (QED) is 0.773. The lowest BCUT2D eigenvalue weighted by Gasteiger charge is -2.47. The highest BCUT2D eigenvalue weighted by atomic mass is 35.5. The Bertz CT molecular complexity index is 943. The van der Waals surface area contributed by atoms with Gasteiger partial charge in [0.05, 0.1) is 29.1 Å². The molecule has 0 saturated carbocycles. The second-order valence-electron chi connectivity index (χ2n) is 6.17. The molecule has 0 spiro atoms. The molecule has 0 aliphatic carbocycles. The van der Waals surface area contributed by atoms with Gasteiger partial charge in [0, 0.05) is 10.6 Å². The Morgan fingerprint density at radius 1 is 1.23 bits per heavy atom. The first-order valence-corrected chi connectivity index (χ1v) is 8.33. The molecule has 4 atom stereocenters. The monoisotopic (exact) mass is 386 g/mol. The minimum Gasteiger partial charge on any atom is -0.443 e. The molecule has 6 nitrogen and oxygen atoms in total. The number of nitrogens with one attached hydrogen (secondary N) is 1. The van der Waals surface area contributed by atoms with Gasteiger partial charge in [-0.3, -0.25) is 5.41 Å². The molecule has 8 heteroatoms. The lowest BCUT2D eigenvalue weighted by Crippen LogP contribution is -2.60. The summed E-state index contributed by atoms with van der Waals surface area (Å²) >= 11 is 12.3. The minimum atomic E-state index is -1.99. The molecular formula is C18H12Cl2N4O2. The molecule has 0 aromatic heterocycles. The van der Waals surface area contributed by atoms with E-state index in [1.54, 1.807) is 19.1 Å². The molecule has 1 N–H and O–H groups in total. The van der Waals surface area contributed by atoms with E-state index in [9.17, 15) is 15.8 Å². The maximum absolute atomic E-state index is 9.98. The summed E-state index contributed by atoms with van der Waals surface area (Å²) < 4.78 is 11.8. The molecule has 0 radical (unpaired) electrons. The highest BCUT2D eigenvalue weighted by Gasteiger charge is 2.79. The van der Waals surface area contributed by atoms with Gasteiger partial charge >= 0.3 is 0 Å². The normalized spacial score (nSPS) is 34.1. The Labute approximate surface area is 160 Å². The summed E-state index contributed by atoms with van der Waals surface area (Å²) in [6, 6.07) is 10.4. The Balaban J connectivity index is 2.36. The van der Waals surface area contributed by atoms with Crippen molar-refractivity contribution in [2.24, 2.45) is 16.7 Å². The number of nitrogens with zero attached hydrogens (tertiary/aromatic N) is 3. The van der Waals surface area contributed by atoms with Crippen molar-refractivity contribution >= 4 is 29.1 Å². The molecule has 130 valence electrons. The summed E-state index contributed by atoms with van der Waals surface area (Å²) in [6.07, 6.45) is 0.0910. The SMILES string of the molecule is C=CC1OC2(c3ccc(Cl)cc3Cl)OC(=N)C(C#N)(C2C)C1(C#N)C#N. The fraction of sp³-hybridized carbons (Fsp3) is 0.333. The van der Waals surface area contributed by atoms with Crippen LogP contribution in [0.2, 0.25) is 10.0 Å². The lowest BCUT2D eigenvalue weighted by molar-refractivity contribution is -0.273. The fourth-order valence-electron chi connectivity index (χ4n) is 3.86. The smallest absolute Gasteiger partial charge is 0.245 e. The van der Waals surface area contributed by atoms with E-state index < -0.39 is 34.5 Å². The van der Waals surface area contributed by atoms with Crippen molar-refractivity contribution < 1.29 is 9.47 Å². The number of rotatable bonds is 2. The summed E-state index contributed by atoms with van der Waals surface area (Å²) in [5.41, 5.74) is -3.48. The van der Waals surface area contributed by atoms with Gasteiger partial charge in [0.25, 0.3) is 0 Å². The molecule has 26 heavy (non-hydrogen) atoms. The third-order valence-electron chi connectivity index (χ3n) is 5.23. The predicted octanol–water partition coefficient (Wildman–Crippen LogP) is 3.92. The molecule has 2 aliphatic rings. The van der Waals surface area contributed by atoms with Crippen molar-refractivity contribution in [3.63, 3.8) is 0 Å². The molecule has 0 amide bonds. The van der Waals surface area contributed by atoms with Crippen molar-refractivity contribution in [1.82, 2.24) is 0 Å². The number of hydrogen-bond acceptors (Lipinski definition) is 6. The van der Waals surface area contributed by atoms with Gasteiger partial charge in [-0.1, -0.05) is 36.2 Å². The van der Waals surface area contributed by atoms with Gasteiger partial charge in [-0.25, -0.2) is 0 Å². The first kappa shape index (κ1) is 18.2. The van der Waals surface area contributed by atoms with E-state index in [0.717, 1.165) is 0 Å². The largest absolute Gasteiger partial charge is 0.443 e. The first-order chi connectivity index (χ1) is 12.3. The van der Waals surface area contributed by atoms with Crippen molar-refractivity contribution in [1.29, 1.82) is 21.2 Å². The van der Waals surface area contributed by atoms with Crippen LogP contribution in [0.15, 0.2) is 30.9 Å². The highest BCUT2D eigenvalue weighted by molar-refractivity contribution is 6.35. The number of halogens is 2. The van der Waals surface area contributed by atoms with Crippen LogP contribution < -0.4 is 0 Å². The minimum absolute atomic E-state index is 0.218. The second kappa shape index (κ2) is 5.73. The predicted molar refractivity (Wildman–Crippen MR) is 92.9 cm³/mol. The standard InChI is InChI=1S/C18H12Cl2N4O2/c1-3-14-16(7-21,8-22)17(9-23)10(2)18(25-14,26-15(17)24)12-5-4-11(19)6-13(12)20/h3-6,10,14,24H,1H2,2H3. The van der Waals surface area contributed by atoms with E-state index >= 15 is 0 Å². The highest BCUT2D eigenvalue weighted by Crippen LogP contribution is 2.66. The van der Waals surface area contributed by atoms with E-state index in [4.69, 9.17) is 38.1 Å². The van der Waals surface area contributed by atoms with Gasteiger partial charge in [-0.2, -0.15) is 15.8 Å². The Morgan fingerprint density at radius 2 is 1.88 bits per heavy atom. The third kappa shape index (κ3) is 1.81. The maximum Gasteiger partial charge on any atom is 0.245 e. The molecule has 2 fully saturated rings. The molecule has 2 bridgehead atoms. The van der Waals surface area contributed by atoms with Crippen LogP contribution in [0.5, 0.6) is 0 Å². The van der Waals surface area contributed by atoms with Crippen molar-refractivity contribution in [2.45, 2.75) is 18.8 Å². The molecular weight excluding hydrogens is 375 g/mol. The van der Waals surface area contributed by atoms with Crippen LogP contribution in [0, 0.1) is 56.2 Å². The van der Waals surface area contributed by atoms with E-state index in [0.29, 0.717) is 10.6 Å². The van der Waals surface area contributed by atoms with Crippen molar-refractivity contribution in [3.8, 4) is 18.2 Å². The maximum atomic E-state index is 9.98. The third-order valence-corrected chi connectivity index (χ3v) is 5.78. The van der Waals surface area contributed by atoms with Crippen LogP contribution in [0.1, 0.15) is 12.5 Å². The molecule has 2 saturated heterocycles. The van der Waals surface area contributed by atoms with Gasteiger partial charge < -0.3 is 9.47 Å². The van der Waals surface area contributed by atoms with E-state index in [2.05, 4.69) is 6.58 Å². The molecule has 3 rings (SSSR count). The summed E-state index contributed by atoms with van der Waals surface area (Å²) in [4.78, 5) is 0. The zero-order valence-corrected chi connectivity index (χ0v) is 15.1. The van der Waals surface area contributed by atoms with Crippen molar-refractivity contribution in [3.05, 3.63) is 46.5 Å². The first-order valence-electron chi connectivity index (χ1n) is 7.57. The number of ether oxygens (including phenoxy) is 2. The van der Waals surface area contributed by atoms with Gasteiger partial charge in [0.1, 0.15) is 6.10 Å². The summed E-state index contributed by atoms with van der Waals surface area (Å²) in [5.74, 6) is -3.00. The van der Waals surface area contributed by atoms with Gasteiger partial charge in [0.15, 0.2) is 5.41 Å². The average molecular weight is 387 g/mol. The lowest BCUT2D eigenvalue weighted by atomic mass is 9.54. The number of fused-ring (bicyclic) bond motifs is 2. The summed E-state index contributed by atoms with van der Waals surface area (Å²) in [5, 5.41) is 38.5. The average Bonchev–Trinajstić information content (AvgIpc) is 2.78. The fourth-order valence-corrected chi connectivity index (χ4v) is 4.40. The van der Waals surface area contributed by atoms with Crippen molar-refractivity contribution in [2.75, 3.05) is 0 Å². The van der Waals surface area contributed by atoms with E-state index in [-0.39, 0.29) is 5.02 Å². The van der Waals surface area contributed by atoms with E-state index in [1.165, 1.54) is 12.1 Å². The van der Waals surface area contributed by atoms with Crippen LogP contribution >= 0.6 is 23.2 Å². The number of benzene rings is 1. The summed E-state index contributed by atoms with van der Waals surface area (Å²) in [7, 11) is 0. The van der Waals surface area contributed by atoms with Crippen LogP contribution in [0.3, 0.4) is 0 Å². The zero-order chi connectivity index (χ0) is 19.3. The number of nitriles is 3. The second-order valence-corrected chi connectivity index (χ2v) is 7.01. The van der Waals surface area contributed by atoms with Crippen LogP contribution in [0.25, 0.3) is 0 Å². The topological polar surface area (TPSA) is 114 Å². The Kier molecular flexibility index (Phi) is 4.02. The number of hydrogen-bond donors (Lipinski definition) is 1. The molecule has 1 aromatic rings. The van der Waals surface area contributed by atoms with Gasteiger partial charge in [-0.15, -0.1) is 6.58 Å². The molecule has 2 heterocycles. The zero-order valence-electron chi connectivity index (χ0n) is 13.6. The van der Waals surface area contributed by atoms with Crippen LogP contribution in [-0.2, 0) is 15.3 Å². The Hall–Kier alpha value is -2.56. The van der Waals surface area contributed by atoms with Crippen LogP contribution in [0.4, 0.5) is 0 Å².